The number of carbonyl (C=O) groups is 2. The molecule has 0 unspecified atom stereocenters. The van der Waals surface area contributed by atoms with Crippen LogP contribution in [-0.4, -0.2) is 29.5 Å². The summed E-state index contributed by atoms with van der Waals surface area (Å²) in [7, 11) is 0. The van der Waals surface area contributed by atoms with E-state index in [9.17, 15) is 14.0 Å². The predicted molar refractivity (Wildman–Crippen MR) is 121 cm³/mol. The number of thioether (sulfide) groups is 1. The summed E-state index contributed by atoms with van der Waals surface area (Å²) in [5.41, 5.74) is 2.84. The summed E-state index contributed by atoms with van der Waals surface area (Å²) in [4.78, 5) is 29.0. The van der Waals surface area contributed by atoms with Crippen molar-refractivity contribution in [2.75, 3.05) is 11.4 Å². The molecule has 160 valence electrons. The Morgan fingerprint density at radius 1 is 1.29 bits per heavy atom. The van der Waals surface area contributed by atoms with Crippen molar-refractivity contribution >= 4 is 40.7 Å². The SMILES string of the molecule is CC(=O)CC[C@H]1CN(c2ccc(-c3ccc(CSc4nccs4)cc3)c(F)c2)C(=O)O1. The number of amides is 1. The second-order valence-corrected chi connectivity index (χ2v) is 9.42. The van der Waals surface area contributed by atoms with Crippen LogP contribution in [0.3, 0.4) is 0 Å². The van der Waals surface area contributed by atoms with Crippen LogP contribution >= 0.6 is 23.1 Å². The molecular formula is C23H21FN2O3S2. The van der Waals surface area contributed by atoms with Crippen molar-refractivity contribution in [2.45, 2.75) is 36.0 Å². The zero-order valence-electron chi connectivity index (χ0n) is 16.9. The predicted octanol–water partition coefficient (Wildman–Crippen LogP) is 5.94. The number of aromatic nitrogens is 1. The fourth-order valence-corrected chi connectivity index (χ4v) is 4.95. The topological polar surface area (TPSA) is 59.5 Å². The van der Waals surface area contributed by atoms with Gasteiger partial charge in [-0.25, -0.2) is 14.2 Å². The maximum atomic E-state index is 14.9. The van der Waals surface area contributed by atoms with Gasteiger partial charge in [0.1, 0.15) is 22.0 Å². The summed E-state index contributed by atoms with van der Waals surface area (Å²) in [5.74, 6) is 0.456. The van der Waals surface area contributed by atoms with Crippen molar-refractivity contribution in [2.24, 2.45) is 0 Å². The lowest BCUT2D eigenvalue weighted by molar-refractivity contribution is -0.117. The molecule has 0 bridgehead atoms. The molecule has 1 fully saturated rings. The molecule has 2 aromatic carbocycles. The summed E-state index contributed by atoms with van der Waals surface area (Å²) in [6.07, 6.45) is 1.76. The number of hydrogen-bond donors (Lipinski definition) is 0. The van der Waals surface area contributed by atoms with Crippen LogP contribution in [0.1, 0.15) is 25.3 Å². The summed E-state index contributed by atoms with van der Waals surface area (Å²) in [5, 5.41) is 1.95. The van der Waals surface area contributed by atoms with Crippen molar-refractivity contribution in [3.8, 4) is 11.1 Å². The van der Waals surface area contributed by atoms with Crippen LogP contribution in [0.25, 0.3) is 11.1 Å². The molecule has 1 amide bonds. The minimum Gasteiger partial charge on any atom is -0.444 e. The van der Waals surface area contributed by atoms with Gasteiger partial charge in [0.25, 0.3) is 0 Å². The van der Waals surface area contributed by atoms with Crippen molar-refractivity contribution in [3.05, 3.63) is 65.4 Å². The van der Waals surface area contributed by atoms with Gasteiger partial charge < -0.3 is 9.53 Å². The van der Waals surface area contributed by atoms with E-state index in [0.29, 0.717) is 30.6 Å². The molecule has 1 aliphatic rings. The van der Waals surface area contributed by atoms with Gasteiger partial charge in [0.15, 0.2) is 0 Å². The Morgan fingerprint density at radius 3 is 2.77 bits per heavy atom. The molecule has 1 atom stereocenters. The number of anilines is 1. The average Bonchev–Trinajstić information content (AvgIpc) is 3.41. The Balaban J connectivity index is 1.42. The lowest BCUT2D eigenvalue weighted by Crippen LogP contribution is -2.24. The Labute approximate surface area is 188 Å². The van der Waals surface area contributed by atoms with Crippen LogP contribution in [0.4, 0.5) is 14.9 Å². The first kappa shape index (κ1) is 21.5. The molecular weight excluding hydrogens is 435 g/mol. The number of ketones is 1. The van der Waals surface area contributed by atoms with Gasteiger partial charge in [-0.3, -0.25) is 4.90 Å². The van der Waals surface area contributed by atoms with Crippen LogP contribution in [-0.2, 0) is 15.3 Å². The van der Waals surface area contributed by atoms with Gasteiger partial charge in [-0.2, -0.15) is 0 Å². The Hall–Kier alpha value is -2.71. The average molecular weight is 457 g/mol. The van der Waals surface area contributed by atoms with E-state index < -0.39 is 11.9 Å². The van der Waals surface area contributed by atoms with Gasteiger partial charge in [0.05, 0.1) is 12.2 Å². The summed E-state index contributed by atoms with van der Waals surface area (Å²) >= 11 is 3.28. The molecule has 0 N–H and O–H groups in total. The first-order valence-electron chi connectivity index (χ1n) is 9.88. The van der Waals surface area contributed by atoms with Gasteiger partial charge in [-0.1, -0.05) is 36.0 Å². The molecule has 0 radical (unpaired) electrons. The minimum absolute atomic E-state index is 0.0534. The van der Waals surface area contributed by atoms with E-state index in [0.717, 1.165) is 21.2 Å². The second kappa shape index (κ2) is 9.62. The number of ether oxygens (including phenoxy) is 1. The highest BCUT2D eigenvalue weighted by atomic mass is 32.2. The fraction of sp³-hybridized carbons (Fsp3) is 0.261. The third kappa shape index (κ3) is 5.32. The number of halogens is 1. The molecule has 31 heavy (non-hydrogen) atoms. The third-order valence-electron chi connectivity index (χ3n) is 4.99. The number of benzene rings is 2. The van der Waals surface area contributed by atoms with Crippen LogP contribution in [0, 0.1) is 5.82 Å². The molecule has 3 aromatic rings. The summed E-state index contributed by atoms with van der Waals surface area (Å²) in [6.45, 7) is 1.82. The van der Waals surface area contributed by atoms with E-state index in [-0.39, 0.29) is 11.9 Å². The maximum absolute atomic E-state index is 14.9. The zero-order chi connectivity index (χ0) is 21.8. The van der Waals surface area contributed by atoms with Crippen LogP contribution < -0.4 is 4.90 Å². The number of cyclic esters (lactones) is 1. The smallest absolute Gasteiger partial charge is 0.414 e. The monoisotopic (exact) mass is 456 g/mol. The number of Topliss-reactive ketones (excluding diaryl/α,β-unsaturated/α-hetero) is 1. The first-order chi connectivity index (χ1) is 15.0. The molecule has 4 rings (SSSR count). The number of thiazole rings is 1. The molecule has 0 aliphatic carbocycles. The van der Waals surface area contributed by atoms with E-state index >= 15 is 0 Å². The molecule has 2 heterocycles. The lowest BCUT2D eigenvalue weighted by atomic mass is 10.0. The summed E-state index contributed by atoms with van der Waals surface area (Å²) in [6, 6.07) is 12.5. The van der Waals surface area contributed by atoms with E-state index in [1.54, 1.807) is 41.4 Å². The number of hydrogen-bond acceptors (Lipinski definition) is 6. The van der Waals surface area contributed by atoms with E-state index in [1.807, 2.05) is 29.6 Å². The molecule has 0 saturated carbocycles. The van der Waals surface area contributed by atoms with Crippen molar-refractivity contribution in [3.63, 3.8) is 0 Å². The van der Waals surface area contributed by atoms with Gasteiger partial charge in [0.2, 0.25) is 0 Å². The highest BCUT2D eigenvalue weighted by Gasteiger charge is 2.32. The summed E-state index contributed by atoms with van der Waals surface area (Å²) < 4.78 is 21.2. The molecule has 1 aromatic heterocycles. The normalized spacial score (nSPS) is 15.9. The maximum Gasteiger partial charge on any atom is 0.414 e. The lowest BCUT2D eigenvalue weighted by Gasteiger charge is -2.14. The van der Waals surface area contributed by atoms with Gasteiger partial charge >= 0.3 is 6.09 Å². The molecule has 8 heteroatoms. The van der Waals surface area contributed by atoms with Crippen LogP contribution in [0.15, 0.2) is 58.4 Å². The number of nitrogens with zero attached hydrogens (tertiary/aromatic N) is 2. The third-order valence-corrected chi connectivity index (χ3v) is 7.03. The minimum atomic E-state index is -0.511. The van der Waals surface area contributed by atoms with E-state index in [4.69, 9.17) is 4.74 Å². The van der Waals surface area contributed by atoms with E-state index in [1.165, 1.54) is 17.9 Å². The Morgan fingerprint density at radius 2 is 2.10 bits per heavy atom. The zero-order valence-corrected chi connectivity index (χ0v) is 18.5. The largest absolute Gasteiger partial charge is 0.444 e. The molecule has 1 saturated heterocycles. The van der Waals surface area contributed by atoms with Gasteiger partial charge in [0, 0.05) is 29.3 Å². The fourth-order valence-electron chi connectivity index (χ4n) is 3.36. The highest BCUT2D eigenvalue weighted by Crippen LogP contribution is 2.31. The Bertz CT molecular complexity index is 1070. The molecule has 5 nitrogen and oxygen atoms in total. The van der Waals surface area contributed by atoms with Crippen molar-refractivity contribution < 1.29 is 18.7 Å². The highest BCUT2D eigenvalue weighted by molar-refractivity contribution is 8.00. The van der Waals surface area contributed by atoms with Crippen LogP contribution in [0.2, 0.25) is 0 Å². The Kier molecular flexibility index (Phi) is 6.67. The molecule has 0 spiro atoms. The number of rotatable bonds is 8. The number of carbonyl (C=O) groups excluding carboxylic acids is 2. The first-order valence-corrected chi connectivity index (χ1v) is 11.7. The van der Waals surface area contributed by atoms with Gasteiger partial charge in [-0.05, 0) is 42.7 Å². The standard InChI is InChI=1S/C23H21FN2O3S2/c1-15(27)2-8-19-13-26(23(28)29-19)18-7-9-20(21(24)12-18)17-5-3-16(4-6-17)14-31-22-25-10-11-30-22/h3-7,9-12,19H,2,8,13-14H2,1H3/t19-/m0/s1. The second-order valence-electron chi connectivity index (χ2n) is 7.30. The van der Waals surface area contributed by atoms with Crippen LogP contribution in [0.5, 0.6) is 0 Å². The quantitative estimate of drug-likeness (QED) is 0.393. The molecule has 1 aliphatic heterocycles. The van der Waals surface area contributed by atoms with E-state index in [2.05, 4.69) is 4.98 Å². The van der Waals surface area contributed by atoms with Crippen molar-refractivity contribution in [1.29, 1.82) is 0 Å². The van der Waals surface area contributed by atoms with Gasteiger partial charge in [-0.15, -0.1) is 11.3 Å². The van der Waals surface area contributed by atoms with Crippen molar-refractivity contribution in [1.82, 2.24) is 4.98 Å².